The fourth-order valence-corrected chi connectivity index (χ4v) is 1.31. The van der Waals surface area contributed by atoms with Gasteiger partial charge in [0.1, 0.15) is 11.9 Å². The van der Waals surface area contributed by atoms with Gasteiger partial charge in [-0.25, -0.2) is 0 Å². The predicted molar refractivity (Wildman–Crippen MR) is 55.6 cm³/mol. The molecule has 2 rings (SSSR count). The lowest BCUT2D eigenvalue weighted by Crippen LogP contribution is -2.02. The van der Waals surface area contributed by atoms with Gasteiger partial charge in [-0.1, -0.05) is 30.3 Å². The molecule has 0 amide bonds. The Morgan fingerprint density at radius 3 is 2.67 bits per heavy atom. The summed E-state index contributed by atoms with van der Waals surface area (Å²) in [4.78, 5) is 11.7. The molecule has 1 heterocycles. The predicted octanol–water partition coefficient (Wildman–Crippen LogP) is 1.80. The number of rotatable bonds is 4. The molecule has 1 aliphatic rings. The van der Waals surface area contributed by atoms with Crippen LogP contribution in [0.3, 0.4) is 0 Å². The fraction of sp³-hybridized carbons (Fsp3) is 0.250. The normalized spacial score (nSPS) is 19.8. The summed E-state index contributed by atoms with van der Waals surface area (Å²) in [6, 6.07) is 9.10. The first-order valence-corrected chi connectivity index (χ1v) is 4.78. The molecule has 78 valence electrons. The van der Waals surface area contributed by atoms with Crippen LogP contribution in [0.4, 0.5) is 0 Å². The monoisotopic (exact) mass is 204 g/mol. The van der Waals surface area contributed by atoms with Crippen molar-refractivity contribution in [1.29, 1.82) is 0 Å². The summed E-state index contributed by atoms with van der Waals surface area (Å²) in [5.41, 5.74) is 0.660. The molecule has 1 unspecified atom stereocenters. The Morgan fingerprint density at radius 2 is 2.13 bits per heavy atom. The summed E-state index contributed by atoms with van der Waals surface area (Å²) in [6.07, 6.45) is 1.47. The molecule has 1 aromatic carbocycles. The van der Waals surface area contributed by atoms with Gasteiger partial charge >= 0.3 is 0 Å². The van der Waals surface area contributed by atoms with E-state index in [1.54, 1.807) is 19.2 Å². The van der Waals surface area contributed by atoms with E-state index < -0.39 is 0 Å². The summed E-state index contributed by atoms with van der Waals surface area (Å²) in [6.45, 7) is 0.641. The van der Waals surface area contributed by atoms with Gasteiger partial charge in [0, 0.05) is 11.6 Å². The number of methoxy groups -OCH3 is 1. The van der Waals surface area contributed by atoms with E-state index in [0.717, 1.165) is 0 Å². The van der Waals surface area contributed by atoms with Gasteiger partial charge in [0.05, 0.1) is 13.7 Å². The highest BCUT2D eigenvalue weighted by atomic mass is 16.6. The fourth-order valence-electron chi connectivity index (χ4n) is 1.31. The molecular formula is C12H12O3. The second kappa shape index (κ2) is 4.28. The summed E-state index contributed by atoms with van der Waals surface area (Å²) in [5, 5.41) is 0. The average Bonchev–Trinajstić information content (AvgIpc) is 3.10. The van der Waals surface area contributed by atoms with E-state index in [0.29, 0.717) is 17.9 Å². The van der Waals surface area contributed by atoms with E-state index in [1.165, 1.54) is 6.08 Å². The maximum atomic E-state index is 11.7. The van der Waals surface area contributed by atoms with Gasteiger partial charge in [0.25, 0.3) is 0 Å². The highest BCUT2D eigenvalue weighted by molar-refractivity contribution is 6.04. The van der Waals surface area contributed by atoms with E-state index >= 15 is 0 Å². The molecule has 1 saturated heterocycles. The first kappa shape index (κ1) is 9.93. The number of allylic oxidation sites excluding steroid dienone is 1. The molecule has 0 aliphatic carbocycles. The van der Waals surface area contributed by atoms with Crippen molar-refractivity contribution >= 4 is 5.78 Å². The van der Waals surface area contributed by atoms with Gasteiger partial charge in [-0.2, -0.15) is 0 Å². The van der Waals surface area contributed by atoms with Crippen LogP contribution >= 0.6 is 0 Å². The average molecular weight is 204 g/mol. The highest BCUT2D eigenvalue weighted by Gasteiger charge is 2.29. The molecule has 1 atom stereocenters. The van der Waals surface area contributed by atoms with Crippen LogP contribution in [0.2, 0.25) is 0 Å². The maximum absolute atomic E-state index is 11.7. The molecule has 1 aromatic rings. The maximum Gasteiger partial charge on any atom is 0.189 e. The standard InChI is InChI=1S/C12H12O3/c1-14-11(12-8-15-12)7-10(13)9-5-3-2-4-6-9/h2-7,12H,8H2,1H3/b11-7-. The van der Waals surface area contributed by atoms with E-state index in [1.807, 2.05) is 18.2 Å². The van der Waals surface area contributed by atoms with Gasteiger partial charge in [-0.3, -0.25) is 4.79 Å². The molecule has 0 radical (unpaired) electrons. The highest BCUT2D eigenvalue weighted by Crippen LogP contribution is 2.20. The largest absolute Gasteiger partial charge is 0.498 e. The van der Waals surface area contributed by atoms with Crippen LogP contribution in [0.1, 0.15) is 10.4 Å². The van der Waals surface area contributed by atoms with Crippen LogP contribution in [0.25, 0.3) is 0 Å². The Morgan fingerprint density at radius 1 is 1.47 bits per heavy atom. The number of carbonyl (C=O) groups is 1. The van der Waals surface area contributed by atoms with Gasteiger partial charge in [-0.15, -0.1) is 0 Å². The number of hydrogen-bond donors (Lipinski definition) is 0. The van der Waals surface area contributed by atoms with E-state index in [9.17, 15) is 4.79 Å². The first-order valence-electron chi connectivity index (χ1n) is 4.78. The number of ether oxygens (including phenoxy) is 2. The second-order valence-corrected chi connectivity index (χ2v) is 3.30. The van der Waals surface area contributed by atoms with Crippen LogP contribution < -0.4 is 0 Å². The molecule has 0 aromatic heterocycles. The third-order valence-electron chi connectivity index (χ3n) is 2.22. The molecule has 0 bridgehead atoms. The zero-order valence-corrected chi connectivity index (χ0v) is 8.47. The minimum atomic E-state index is -0.0528. The summed E-state index contributed by atoms with van der Waals surface area (Å²) >= 11 is 0. The van der Waals surface area contributed by atoms with Gasteiger partial charge in [-0.05, 0) is 0 Å². The smallest absolute Gasteiger partial charge is 0.189 e. The first-order chi connectivity index (χ1) is 7.31. The molecule has 3 nitrogen and oxygen atoms in total. The van der Waals surface area contributed by atoms with Crippen molar-refractivity contribution in [3.8, 4) is 0 Å². The van der Waals surface area contributed by atoms with Crippen LogP contribution in [-0.4, -0.2) is 25.6 Å². The molecule has 0 spiro atoms. The summed E-state index contributed by atoms with van der Waals surface area (Å²) in [7, 11) is 1.55. The van der Waals surface area contributed by atoms with Crippen molar-refractivity contribution in [2.24, 2.45) is 0 Å². The van der Waals surface area contributed by atoms with Crippen molar-refractivity contribution < 1.29 is 14.3 Å². The van der Waals surface area contributed by atoms with Crippen molar-refractivity contribution in [2.75, 3.05) is 13.7 Å². The number of epoxide rings is 1. The van der Waals surface area contributed by atoms with Crippen molar-refractivity contribution in [3.63, 3.8) is 0 Å². The lowest BCUT2D eigenvalue weighted by Gasteiger charge is -2.01. The topological polar surface area (TPSA) is 38.8 Å². The van der Waals surface area contributed by atoms with E-state index in [4.69, 9.17) is 9.47 Å². The third kappa shape index (κ3) is 2.44. The Labute approximate surface area is 88.3 Å². The van der Waals surface area contributed by atoms with Crippen molar-refractivity contribution in [1.82, 2.24) is 0 Å². The van der Waals surface area contributed by atoms with E-state index in [2.05, 4.69) is 0 Å². The Hall–Kier alpha value is -1.61. The minimum absolute atomic E-state index is 0.0253. The molecule has 1 aliphatic heterocycles. The number of benzene rings is 1. The Kier molecular flexibility index (Phi) is 2.83. The van der Waals surface area contributed by atoms with Crippen molar-refractivity contribution in [3.05, 3.63) is 47.7 Å². The van der Waals surface area contributed by atoms with Crippen LogP contribution in [0, 0.1) is 0 Å². The Balaban J connectivity index is 2.14. The number of carbonyl (C=O) groups excluding carboxylic acids is 1. The SMILES string of the molecule is CO/C(=C\C(=O)c1ccccc1)C1CO1. The quantitative estimate of drug-likeness (QED) is 0.325. The van der Waals surface area contributed by atoms with Gasteiger partial charge < -0.3 is 9.47 Å². The van der Waals surface area contributed by atoms with Crippen molar-refractivity contribution in [2.45, 2.75) is 6.10 Å². The molecule has 15 heavy (non-hydrogen) atoms. The summed E-state index contributed by atoms with van der Waals surface area (Å²) < 4.78 is 10.1. The van der Waals surface area contributed by atoms with Crippen LogP contribution in [0.5, 0.6) is 0 Å². The van der Waals surface area contributed by atoms with Crippen LogP contribution in [0.15, 0.2) is 42.2 Å². The van der Waals surface area contributed by atoms with E-state index in [-0.39, 0.29) is 11.9 Å². The van der Waals surface area contributed by atoms with Gasteiger partial charge in [0.2, 0.25) is 0 Å². The molecule has 0 saturated carbocycles. The van der Waals surface area contributed by atoms with Crippen LogP contribution in [-0.2, 0) is 9.47 Å². The third-order valence-corrected chi connectivity index (χ3v) is 2.22. The lowest BCUT2D eigenvalue weighted by molar-refractivity contribution is 0.103. The lowest BCUT2D eigenvalue weighted by atomic mass is 10.1. The molecule has 0 N–H and O–H groups in total. The van der Waals surface area contributed by atoms with Gasteiger partial charge in [0.15, 0.2) is 5.78 Å². The number of hydrogen-bond acceptors (Lipinski definition) is 3. The zero-order chi connectivity index (χ0) is 10.7. The summed E-state index contributed by atoms with van der Waals surface area (Å²) in [5.74, 6) is 0.548. The second-order valence-electron chi connectivity index (χ2n) is 3.30. The molecule has 1 fully saturated rings. The Bertz CT molecular complexity index is 377. The minimum Gasteiger partial charge on any atom is -0.498 e. The zero-order valence-electron chi connectivity index (χ0n) is 8.47. The molecule has 3 heteroatoms. The number of ketones is 1. The molecular weight excluding hydrogens is 192 g/mol.